The van der Waals surface area contributed by atoms with Crippen molar-refractivity contribution in [3.8, 4) is 17.3 Å². The molecule has 32 heavy (non-hydrogen) atoms. The highest BCUT2D eigenvalue weighted by atomic mass is 79.9. The molecule has 162 valence electrons. The van der Waals surface area contributed by atoms with Crippen LogP contribution in [0.1, 0.15) is 21.5 Å². The van der Waals surface area contributed by atoms with Gasteiger partial charge in [-0.3, -0.25) is 9.36 Å². The Morgan fingerprint density at radius 3 is 2.69 bits per heavy atom. The number of aromatic nitrogens is 3. The summed E-state index contributed by atoms with van der Waals surface area (Å²) in [6.45, 7) is 0.720. The molecule has 0 atom stereocenters. The minimum atomic E-state index is -0.219. The predicted octanol–water partition coefficient (Wildman–Crippen LogP) is 4.55. The van der Waals surface area contributed by atoms with Crippen LogP contribution in [0.15, 0.2) is 84.0 Å². The Bertz CT molecular complexity index is 1190. The first-order valence-corrected chi connectivity index (χ1v) is 10.7. The van der Waals surface area contributed by atoms with E-state index in [0.29, 0.717) is 30.2 Å². The number of methoxy groups -OCH3 is 1. The van der Waals surface area contributed by atoms with Gasteiger partial charge in [-0.25, -0.2) is 9.97 Å². The van der Waals surface area contributed by atoms with Gasteiger partial charge in [-0.1, -0.05) is 34.1 Å². The number of halogens is 1. The maximum Gasteiger partial charge on any atom is 0.251 e. The molecule has 0 saturated carbocycles. The van der Waals surface area contributed by atoms with Crippen molar-refractivity contribution in [1.82, 2.24) is 19.9 Å². The van der Waals surface area contributed by atoms with Crippen molar-refractivity contribution in [2.75, 3.05) is 7.11 Å². The molecule has 0 spiro atoms. The van der Waals surface area contributed by atoms with Crippen molar-refractivity contribution in [2.45, 2.75) is 13.2 Å². The van der Waals surface area contributed by atoms with Gasteiger partial charge in [-0.2, -0.15) is 0 Å². The average molecular weight is 493 g/mol. The second kappa shape index (κ2) is 10.1. The van der Waals surface area contributed by atoms with Gasteiger partial charge in [0.1, 0.15) is 18.8 Å². The number of nitrogens with one attached hydrogen (secondary N) is 1. The van der Waals surface area contributed by atoms with Gasteiger partial charge in [-0.15, -0.1) is 0 Å². The Morgan fingerprint density at radius 1 is 1.09 bits per heavy atom. The maximum absolute atomic E-state index is 12.8. The van der Waals surface area contributed by atoms with Crippen LogP contribution >= 0.6 is 15.9 Å². The van der Waals surface area contributed by atoms with Crippen molar-refractivity contribution in [3.05, 3.63) is 101 Å². The standard InChI is InChI=1S/C24H21BrN4O3/c1-31-22-13-18(6-9-21(22)32-15-17-4-7-20(25)8-5-17)24(30)28-14-19-3-2-10-27-23(19)29-12-11-26-16-29/h2-13,16H,14-15H2,1H3,(H,28,30). The Balaban J connectivity index is 1.43. The summed E-state index contributed by atoms with van der Waals surface area (Å²) in [6.07, 6.45) is 6.87. The van der Waals surface area contributed by atoms with Gasteiger partial charge in [0.2, 0.25) is 0 Å². The number of imidazole rings is 1. The maximum atomic E-state index is 12.8. The van der Waals surface area contributed by atoms with Crippen LogP contribution in [0.4, 0.5) is 0 Å². The first-order chi connectivity index (χ1) is 15.6. The van der Waals surface area contributed by atoms with Crippen LogP contribution in [-0.4, -0.2) is 27.6 Å². The highest BCUT2D eigenvalue weighted by Crippen LogP contribution is 2.29. The molecule has 0 aliphatic carbocycles. The van der Waals surface area contributed by atoms with E-state index < -0.39 is 0 Å². The smallest absolute Gasteiger partial charge is 0.251 e. The fourth-order valence-corrected chi connectivity index (χ4v) is 3.40. The third-order valence-electron chi connectivity index (χ3n) is 4.79. The minimum Gasteiger partial charge on any atom is -0.493 e. The van der Waals surface area contributed by atoms with E-state index in [1.807, 2.05) is 47.2 Å². The van der Waals surface area contributed by atoms with E-state index in [0.717, 1.165) is 21.4 Å². The summed E-state index contributed by atoms with van der Waals surface area (Å²) in [5.41, 5.74) is 2.38. The molecule has 0 saturated heterocycles. The number of rotatable bonds is 8. The molecule has 4 rings (SSSR count). The van der Waals surface area contributed by atoms with Gasteiger partial charge >= 0.3 is 0 Å². The van der Waals surface area contributed by atoms with Crippen LogP contribution < -0.4 is 14.8 Å². The summed E-state index contributed by atoms with van der Waals surface area (Å²) in [5.74, 6) is 1.57. The van der Waals surface area contributed by atoms with E-state index in [-0.39, 0.29) is 5.91 Å². The minimum absolute atomic E-state index is 0.219. The average Bonchev–Trinajstić information content (AvgIpc) is 3.37. The second-order valence-electron chi connectivity index (χ2n) is 6.92. The zero-order chi connectivity index (χ0) is 22.3. The number of nitrogens with zero attached hydrogens (tertiary/aromatic N) is 3. The molecule has 2 aromatic carbocycles. The highest BCUT2D eigenvalue weighted by molar-refractivity contribution is 9.10. The molecule has 0 fully saturated rings. The lowest BCUT2D eigenvalue weighted by Gasteiger charge is -2.13. The van der Waals surface area contributed by atoms with Crippen LogP contribution in [0.2, 0.25) is 0 Å². The molecule has 0 aliphatic heterocycles. The second-order valence-corrected chi connectivity index (χ2v) is 7.84. The summed E-state index contributed by atoms with van der Waals surface area (Å²) in [5, 5.41) is 2.94. The SMILES string of the molecule is COc1cc(C(=O)NCc2cccnc2-n2ccnc2)ccc1OCc1ccc(Br)cc1. The first kappa shape index (κ1) is 21.6. The Hall–Kier alpha value is -3.65. The zero-order valence-electron chi connectivity index (χ0n) is 17.4. The van der Waals surface area contributed by atoms with E-state index >= 15 is 0 Å². The summed E-state index contributed by atoms with van der Waals surface area (Å²) >= 11 is 3.42. The van der Waals surface area contributed by atoms with Crippen LogP contribution in [-0.2, 0) is 13.2 Å². The number of pyridine rings is 1. The number of hydrogen-bond acceptors (Lipinski definition) is 5. The van der Waals surface area contributed by atoms with Crippen molar-refractivity contribution < 1.29 is 14.3 Å². The number of benzene rings is 2. The van der Waals surface area contributed by atoms with Crippen LogP contribution in [0.5, 0.6) is 11.5 Å². The van der Waals surface area contributed by atoms with Gasteiger partial charge < -0.3 is 14.8 Å². The third kappa shape index (κ3) is 5.15. The monoisotopic (exact) mass is 492 g/mol. The first-order valence-electron chi connectivity index (χ1n) is 9.90. The fraction of sp³-hybridized carbons (Fsp3) is 0.125. The van der Waals surface area contributed by atoms with Crippen molar-refractivity contribution in [1.29, 1.82) is 0 Å². The molecule has 1 amide bonds. The van der Waals surface area contributed by atoms with Gasteiger partial charge in [-0.05, 0) is 42.0 Å². The third-order valence-corrected chi connectivity index (χ3v) is 5.32. The van der Waals surface area contributed by atoms with Gasteiger partial charge in [0.25, 0.3) is 5.91 Å². The zero-order valence-corrected chi connectivity index (χ0v) is 19.0. The Labute approximate surface area is 194 Å². The molecule has 0 unspecified atom stereocenters. The van der Waals surface area contributed by atoms with Gasteiger partial charge in [0, 0.05) is 40.7 Å². The number of hydrogen-bond donors (Lipinski definition) is 1. The molecule has 0 aliphatic rings. The van der Waals surface area contributed by atoms with E-state index in [1.54, 1.807) is 44.0 Å². The largest absolute Gasteiger partial charge is 0.493 e. The quantitative estimate of drug-likeness (QED) is 0.390. The summed E-state index contributed by atoms with van der Waals surface area (Å²) < 4.78 is 14.1. The molecule has 4 aromatic rings. The summed E-state index contributed by atoms with van der Waals surface area (Å²) in [6, 6.07) is 16.8. The molecule has 8 heteroatoms. The predicted molar refractivity (Wildman–Crippen MR) is 124 cm³/mol. The Kier molecular flexibility index (Phi) is 6.81. The van der Waals surface area contributed by atoms with Crippen molar-refractivity contribution >= 4 is 21.8 Å². The fourth-order valence-electron chi connectivity index (χ4n) is 3.13. The van der Waals surface area contributed by atoms with Gasteiger partial charge in [0.15, 0.2) is 11.5 Å². The molecule has 7 nitrogen and oxygen atoms in total. The molecular formula is C24H21BrN4O3. The lowest BCUT2D eigenvalue weighted by molar-refractivity contribution is 0.0950. The Morgan fingerprint density at radius 2 is 1.94 bits per heavy atom. The van der Waals surface area contributed by atoms with Crippen molar-refractivity contribution in [2.24, 2.45) is 0 Å². The van der Waals surface area contributed by atoms with Crippen LogP contribution in [0, 0.1) is 0 Å². The van der Waals surface area contributed by atoms with Crippen LogP contribution in [0.3, 0.4) is 0 Å². The summed E-state index contributed by atoms with van der Waals surface area (Å²) in [4.78, 5) is 21.2. The highest BCUT2D eigenvalue weighted by Gasteiger charge is 2.13. The number of ether oxygens (including phenoxy) is 2. The summed E-state index contributed by atoms with van der Waals surface area (Å²) in [7, 11) is 1.55. The van der Waals surface area contributed by atoms with E-state index in [1.165, 1.54) is 0 Å². The number of carbonyl (C=O) groups is 1. The van der Waals surface area contributed by atoms with Crippen molar-refractivity contribution in [3.63, 3.8) is 0 Å². The number of carbonyl (C=O) groups excluding carboxylic acids is 1. The lowest BCUT2D eigenvalue weighted by atomic mass is 10.1. The topological polar surface area (TPSA) is 78.3 Å². The molecular weight excluding hydrogens is 472 g/mol. The molecule has 2 heterocycles. The molecule has 0 bridgehead atoms. The van der Waals surface area contributed by atoms with Crippen LogP contribution in [0.25, 0.3) is 5.82 Å². The van der Waals surface area contributed by atoms with E-state index in [2.05, 4.69) is 31.2 Å². The lowest BCUT2D eigenvalue weighted by Crippen LogP contribution is -2.23. The van der Waals surface area contributed by atoms with Gasteiger partial charge in [0.05, 0.1) is 7.11 Å². The van der Waals surface area contributed by atoms with E-state index in [9.17, 15) is 4.79 Å². The van der Waals surface area contributed by atoms with E-state index in [4.69, 9.17) is 9.47 Å². The molecule has 0 radical (unpaired) electrons. The molecule has 1 N–H and O–H groups in total. The normalized spacial score (nSPS) is 10.6. The molecule has 2 aromatic heterocycles. The number of amides is 1.